The summed E-state index contributed by atoms with van der Waals surface area (Å²) < 4.78 is 0. The zero-order valence-corrected chi connectivity index (χ0v) is 13.5. The standard InChI is InChI=1S/C15H28BNOP/c1-3-13(18)12-7-5-4-6-9-14(17)11-15(16-14,19-2)10-8-12/h12,19H,3-11,17H2,1-2H3. The number of ketones is 1. The van der Waals surface area contributed by atoms with E-state index in [0.29, 0.717) is 23.2 Å². The van der Waals surface area contributed by atoms with E-state index in [1.807, 2.05) is 6.92 Å². The number of fused-ring (bicyclic) bond motifs is 7. The highest BCUT2D eigenvalue weighted by Crippen LogP contribution is 2.50. The quantitative estimate of drug-likeness (QED) is 0.637. The molecule has 2 bridgehead atoms. The van der Waals surface area contributed by atoms with Crippen molar-refractivity contribution in [3.05, 3.63) is 0 Å². The van der Waals surface area contributed by atoms with E-state index in [1.165, 1.54) is 25.7 Å². The molecule has 4 atom stereocenters. The van der Waals surface area contributed by atoms with Crippen LogP contribution in [0.4, 0.5) is 0 Å². The zero-order valence-electron chi connectivity index (χ0n) is 12.5. The van der Waals surface area contributed by atoms with Crippen LogP contribution in [0.25, 0.3) is 0 Å². The van der Waals surface area contributed by atoms with Gasteiger partial charge in [0.2, 0.25) is 0 Å². The summed E-state index contributed by atoms with van der Waals surface area (Å²) >= 11 is 0. The SMILES string of the molecule is CCC(=O)C1CCCCCC2(N)[B]C(PC)(CC1)C2. The third kappa shape index (κ3) is 3.61. The Morgan fingerprint density at radius 3 is 2.68 bits per heavy atom. The number of carbonyl (C=O) groups excluding carboxylic acids is 1. The summed E-state index contributed by atoms with van der Waals surface area (Å²) in [5.41, 5.74) is 6.46. The van der Waals surface area contributed by atoms with E-state index >= 15 is 0 Å². The summed E-state index contributed by atoms with van der Waals surface area (Å²) in [5.74, 6) is 0.796. The number of hydrogen-bond acceptors (Lipinski definition) is 2. The van der Waals surface area contributed by atoms with Gasteiger partial charge in [0.25, 0.3) is 0 Å². The molecule has 1 aliphatic carbocycles. The lowest BCUT2D eigenvalue weighted by Crippen LogP contribution is -2.67. The highest BCUT2D eigenvalue weighted by atomic mass is 31.1. The number of carbonyl (C=O) groups is 1. The van der Waals surface area contributed by atoms with Gasteiger partial charge >= 0.3 is 0 Å². The second kappa shape index (κ2) is 6.27. The first-order valence-electron chi connectivity index (χ1n) is 7.90. The Morgan fingerprint density at radius 2 is 2.05 bits per heavy atom. The molecule has 2 N–H and O–H groups in total. The van der Waals surface area contributed by atoms with Crippen molar-refractivity contribution in [3.8, 4) is 0 Å². The van der Waals surface area contributed by atoms with Gasteiger partial charge in [-0.25, -0.2) is 0 Å². The molecular formula is C15H28BNOP. The van der Waals surface area contributed by atoms with E-state index in [-0.39, 0.29) is 5.44 Å². The van der Waals surface area contributed by atoms with Gasteiger partial charge in [0, 0.05) is 12.3 Å². The smallest absolute Gasteiger partial charge is 0.150 e. The highest BCUT2D eigenvalue weighted by Gasteiger charge is 2.51. The molecule has 0 aromatic carbocycles. The molecule has 0 aromatic heterocycles. The molecule has 3 aliphatic rings. The Morgan fingerprint density at radius 1 is 1.32 bits per heavy atom. The highest BCUT2D eigenvalue weighted by molar-refractivity contribution is 7.42. The van der Waals surface area contributed by atoms with Crippen LogP contribution in [0.15, 0.2) is 0 Å². The maximum atomic E-state index is 12.1. The van der Waals surface area contributed by atoms with Crippen molar-refractivity contribution in [2.24, 2.45) is 11.7 Å². The molecule has 3 fully saturated rings. The maximum Gasteiger partial charge on any atom is 0.150 e. The normalized spacial score (nSPS) is 40.3. The van der Waals surface area contributed by atoms with Gasteiger partial charge in [-0.2, -0.15) is 0 Å². The number of rotatable bonds is 3. The summed E-state index contributed by atoms with van der Waals surface area (Å²) in [6, 6.07) is 0. The summed E-state index contributed by atoms with van der Waals surface area (Å²) in [5, 5.41) is 0.366. The molecule has 2 nitrogen and oxygen atoms in total. The van der Waals surface area contributed by atoms with Crippen molar-refractivity contribution in [1.29, 1.82) is 0 Å². The molecule has 19 heavy (non-hydrogen) atoms. The van der Waals surface area contributed by atoms with Crippen molar-refractivity contribution in [1.82, 2.24) is 0 Å². The minimum absolute atomic E-state index is 0.0115. The van der Waals surface area contributed by atoms with Crippen molar-refractivity contribution in [2.75, 3.05) is 6.66 Å². The van der Waals surface area contributed by atoms with Crippen LogP contribution in [-0.4, -0.2) is 30.2 Å². The average Bonchev–Trinajstić information content (AvgIpc) is 2.42. The second-order valence-corrected chi connectivity index (χ2v) is 8.11. The fraction of sp³-hybridized carbons (Fsp3) is 0.933. The van der Waals surface area contributed by atoms with E-state index < -0.39 is 0 Å². The Labute approximate surface area is 120 Å². The molecular weight excluding hydrogens is 252 g/mol. The molecule has 1 radical (unpaired) electrons. The van der Waals surface area contributed by atoms with E-state index in [0.717, 1.165) is 34.3 Å². The number of nitrogens with two attached hydrogens (primary N) is 1. The van der Waals surface area contributed by atoms with Crippen LogP contribution in [0.3, 0.4) is 0 Å². The van der Waals surface area contributed by atoms with Crippen LogP contribution in [0.2, 0.25) is 0 Å². The fourth-order valence-corrected chi connectivity index (χ4v) is 5.26. The minimum atomic E-state index is 0.0115. The van der Waals surface area contributed by atoms with Gasteiger partial charge in [0.1, 0.15) is 13.1 Å². The Bertz CT molecular complexity index is 328. The first kappa shape index (κ1) is 15.5. The first-order chi connectivity index (χ1) is 9.02. The Hall–Kier alpha value is 0.125. The van der Waals surface area contributed by atoms with Gasteiger partial charge in [-0.15, -0.1) is 8.58 Å². The monoisotopic (exact) mass is 280 g/mol. The maximum absolute atomic E-state index is 12.1. The fourth-order valence-electron chi connectivity index (χ4n) is 3.92. The van der Waals surface area contributed by atoms with Crippen LogP contribution >= 0.6 is 8.58 Å². The minimum Gasteiger partial charge on any atom is -0.332 e. The van der Waals surface area contributed by atoms with Crippen molar-refractivity contribution >= 4 is 21.6 Å². The van der Waals surface area contributed by atoms with E-state index in [9.17, 15) is 4.79 Å². The third-order valence-corrected chi connectivity index (χ3v) is 6.71. The molecule has 4 unspecified atom stereocenters. The van der Waals surface area contributed by atoms with E-state index in [2.05, 4.69) is 13.9 Å². The molecule has 0 aromatic rings. The van der Waals surface area contributed by atoms with Crippen molar-refractivity contribution < 1.29 is 4.79 Å². The van der Waals surface area contributed by atoms with E-state index in [1.54, 1.807) is 0 Å². The van der Waals surface area contributed by atoms with Gasteiger partial charge in [-0.05, 0) is 42.8 Å². The molecule has 0 amide bonds. The first-order valence-corrected chi connectivity index (χ1v) is 9.40. The molecule has 2 heterocycles. The molecule has 107 valence electrons. The van der Waals surface area contributed by atoms with E-state index in [4.69, 9.17) is 5.73 Å². The van der Waals surface area contributed by atoms with Crippen molar-refractivity contribution in [2.45, 2.75) is 75.2 Å². The van der Waals surface area contributed by atoms with Gasteiger partial charge in [-0.1, -0.05) is 32.6 Å². The lowest BCUT2D eigenvalue weighted by atomic mass is 9.33. The Kier molecular flexibility index (Phi) is 5.12. The lowest BCUT2D eigenvalue weighted by Gasteiger charge is -2.54. The molecule has 1 saturated carbocycles. The average molecular weight is 280 g/mol. The largest absolute Gasteiger partial charge is 0.332 e. The van der Waals surface area contributed by atoms with Crippen LogP contribution in [-0.2, 0) is 4.79 Å². The molecule has 2 saturated heterocycles. The third-order valence-electron chi connectivity index (χ3n) is 5.14. The van der Waals surface area contributed by atoms with Crippen LogP contribution < -0.4 is 5.73 Å². The Balaban J connectivity index is 2.02. The van der Waals surface area contributed by atoms with Gasteiger partial charge in [0.15, 0.2) is 0 Å². The summed E-state index contributed by atoms with van der Waals surface area (Å²) in [6.07, 6.45) is 10.0. The topological polar surface area (TPSA) is 43.1 Å². The molecule has 3 rings (SSSR count). The van der Waals surface area contributed by atoms with Crippen molar-refractivity contribution in [3.63, 3.8) is 0 Å². The van der Waals surface area contributed by atoms with Crippen LogP contribution in [0.5, 0.6) is 0 Å². The summed E-state index contributed by atoms with van der Waals surface area (Å²) in [6.45, 7) is 4.30. The molecule has 2 aliphatic heterocycles. The molecule has 4 heteroatoms. The van der Waals surface area contributed by atoms with Crippen LogP contribution in [0.1, 0.15) is 64.7 Å². The van der Waals surface area contributed by atoms with Gasteiger partial charge < -0.3 is 5.73 Å². The lowest BCUT2D eigenvalue weighted by molar-refractivity contribution is -0.123. The zero-order chi connectivity index (χ0) is 13.9. The summed E-state index contributed by atoms with van der Waals surface area (Å²) in [4.78, 5) is 12.1. The predicted molar refractivity (Wildman–Crippen MR) is 85.4 cm³/mol. The second-order valence-electron chi connectivity index (χ2n) is 6.62. The van der Waals surface area contributed by atoms with Crippen LogP contribution in [0, 0.1) is 5.92 Å². The van der Waals surface area contributed by atoms with Gasteiger partial charge in [0.05, 0.1) is 0 Å². The molecule has 0 spiro atoms. The number of Topliss-reactive ketones (excluding diaryl/α,β-unsaturated/α-hetero) is 1. The summed E-state index contributed by atoms with van der Waals surface area (Å²) in [7, 11) is 3.37. The number of hydrogen-bond donors (Lipinski definition) is 1. The predicted octanol–water partition coefficient (Wildman–Crippen LogP) is 3.09. The van der Waals surface area contributed by atoms with Gasteiger partial charge in [-0.3, -0.25) is 4.79 Å².